The fraction of sp³-hybridized carbons (Fsp3) is 0.133. The summed E-state index contributed by atoms with van der Waals surface area (Å²) in [6, 6.07) is 8.10. The van der Waals surface area contributed by atoms with E-state index in [1.54, 1.807) is 30.5 Å². The number of halogens is 1. The van der Waals surface area contributed by atoms with E-state index in [-0.39, 0.29) is 0 Å². The fourth-order valence-electron chi connectivity index (χ4n) is 1.67. The minimum Gasteiger partial charge on any atom is -0.495 e. The monoisotopic (exact) mass is 319 g/mol. The lowest BCUT2D eigenvalue weighted by molar-refractivity contribution is -0.133. The van der Waals surface area contributed by atoms with Crippen LogP contribution in [0.25, 0.3) is 0 Å². The van der Waals surface area contributed by atoms with E-state index in [0.29, 0.717) is 22.3 Å². The Kier molecular flexibility index (Phi) is 4.95. The van der Waals surface area contributed by atoms with Crippen molar-refractivity contribution in [3.63, 3.8) is 0 Å². The summed E-state index contributed by atoms with van der Waals surface area (Å²) in [5.74, 6) is -0.982. The van der Waals surface area contributed by atoms with Crippen molar-refractivity contribution in [2.45, 2.75) is 6.92 Å². The Morgan fingerprint density at radius 3 is 2.50 bits per heavy atom. The third-order valence-corrected chi connectivity index (χ3v) is 3.00. The van der Waals surface area contributed by atoms with Gasteiger partial charge in [-0.3, -0.25) is 9.59 Å². The van der Waals surface area contributed by atoms with Crippen molar-refractivity contribution in [1.29, 1.82) is 0 Å². The Morgan fingerprint density at radius 1 is 1.14 bits per heavy atom. The number of carbonyl (C=O) groups is 2. The topological polar surface area (TPSA) is 80.3 Å². The first kappa shape index (κ1) is 15.8. The van der Waals surface area contributed by atoms with Gasteiger partial charge in [0.1, 0.15) is 11.6 Å². The predicted molar refractivity (Wildman–Crippen MR) is 84.2 cm³/mol. The van der Waals surface area contributed by atoms with Crippen molar-refractivity contribution in [2.75, 3.05) is 17.7 Å². The lowest BCUT2D eigenvalue weighted by atomic mass is 10.3. The highest BCUT2D eigenvalue weighted by Gasteiger charge is 2.16. The van der Waals surface area contributed by atoms with Crippen LogP contribution in [0.3, 0.4) is 0 Å². The van der Waals surface area contributed by atoms with Crippen molar-refractivity contribution in [3.8, 4) is 5.75 Å². The summed E-state index contributed by atoms with van der Waals surface area (Å²) in [5, 5.41) is 5.26. The molecule has 0 saturated heterocycles. The van der Waals surface area contributed by atoms with Crippen LogP contribution in [0.1, 0.15) is 5.56 Å². The molecule has 0 bridgehead atoms. The molecule has 2 amide bonds. The highest BCUT2D eigenvalue weighted by atomic mass is 35.5. The molecule has 1 aromatic carbocycles. The molecule has 1 heterocycles. The molecule has 2 N–H and O–H groups in total. The molecular formula is C15H14ClN3O3. The molecule has 0 aliphatic rings. The number of carbonyl (C=O) groups excluding carboxylic acids is 2. The largest absolute Gasteiger partial charge is 0.495 e. The maximum atomic E-state index is 11.9. The molecule has 6 nitrogen and oxygen atoms in total. The van der Waals surface area contributed by atoms with Crippen LogP contribution in [-0.2, 0) is 9.59 Å². The van der Waals surface area contributed by atoms with Gasteiger partial charge in [0.2, 0.25) is 0 Å². The van der Waals surface area contributed by atoms with E-state index in [1.807, 2.05) is 6.92 Å². The smallest absolute Gasteiger partial charge is 0.315 e. The van der Waals surface area contributed by atoms with Gasteiger partial charge >= 0.3 is 11.8 Å². The van der Waals surface area contributed by atoms with Crippen LogP contribution in [0.5, 0.6) is 5.75 Å². The van der Waals surface area contributed by atoms with Crippen LogP contribution in [0.4, 0.5) is 11.5 Å². The Bertz CT molecular complexity index is 702. The minimum absolute atomic E-state index is 0.295. The molecule has 7 heteroatoms. The zero-order valence-corrected chi connectivity index (χ0v) is 12.8. The van der Waals surface area contributed by atoms with Crippen LogP contribution in [0.2, 0.25) is 5.02 Å². The quantitative estimate of drug-likeness (QED) is 0.852. The molecule has 2 aromatic rings. The van der Waals surface area contributed by atoms with Gasteiger partial charge in [-0.05, 0) is 36.8 Å². The molecule has 0 fully saturated rings. The van der Waals surface area contributed by atoms with Crippen molar-refractivity contribution in [1.82, 2.24) is 4.98 Å². The minimum atomic E-state index is -0.844. The first-order valence-electron chi connectivity index (χ1n) is 6.38. The molecule has 0 aliphatic carbocycles. The Balaban J connectivity index is 2.07. The summed E-state index contributed by atoms with van der Waals surface area (Å²) < 4.78 is 5.09. The zero-order valence-electron chi connectivity index (χ0n) is 12.0. The van der Waals surface area contributed by atoms with Gasteiger partial charge in [-0.25, -0.2) is 4.98 Å². The van der Waals surface area contributed by atoms with Gasteiger partial charge in [-0.15, -0.1) is 0 Å². The highest BCUT2D eigenvalue weighted by molar-refractivity contribution is 6.43. The molecule has 1 aromatic heterocycles. The number of amides is 2. The van der Waals surface area contributed by atoms with E-state index < -0.39 is 11.8 Å². The second kappa shape index (κ2) is 6.91. The average Bonchev–Trinajstić information content (AvgIpc) is 2.49. The Morgan fingerprint density at radius 2 is 1.86 bits per heavy atom. The molecule has 0 radical (unpaired) electrons. The summed E-state index contributed by atoms with van der Waals surface area (Å²) in [5.41, 5.74) is 1.26. The number of aromatic nitrogens is 1. The maximum absolute atomic E-state index is 11.9. The number of nitrogens with one attached hydrogen (secondary N) is 2. The number of hydrogen-bond acceptors (Lipinski definition) is 4. The van der Waals surface area contributed by atoms with E-state index in [4.69, 9.17) is 16.3 Å². The van der Waals surface area contributed by atoms with E-state index in [1.165, 1.54) is 13.2 Å². The van der Waals surface area contributed by atoms with Gasteiger partial charge in [-0.2, -0.15) is 0 Å². The van der Waals surface area contributed by atoms with Crippen LogP contribution in [-0.4, -0.2) is 23.9 Å². The first-order chi connectivity index (χ1) is 10.5. The number of aryl methyl sites for hydroxylation is 1. The van der Waals surface area contributed by atoms with E-state index in [0.717, 1.165) is 5.56 Å². The van der Waals surface area contributed by atoms with Crippen LogP contribution in [0, 0.1) is 6.92 Å². The lowest BCUT2D eigenvalue weighted by Crippen LogP contribution is -2.29. The second-order valence-electron chi connectivity index (χ2n) is 4.47. The fourth-order valence-corrected chi connectivity index (χ4v) is 1.84. The summed E-state index contributed by atoms with van der Waals surface area (Å²) in [4.78, 5) is 27.8. The van der Waals surface area contributed by atoms with Crippen molar-refractivity contribution in [3.05, 3.63) is 47.1 Å². The van der Waals surface area contributed by atoms with Crippen LogP contribution < -0.4 is 15.4 Å². The van der Waals surface area contributed by atoms with Crippen molar-refractivity contribution >= 4 is 34.9 Å². The maximum Gasteiger partial charge on any atom is 0.315 e. The second-order valence-corrected chi connectivity index (χ2v) is 4.91. The Hall–Kier alpha value is -2.60. The van der Waals surface area contributed by atoms with Gasteiger partial charge < -0.3 is 15.4 Å². The Labute approximate surface area is 132 Å². The van der Waals surface area contributed by atoms with Crippen LogP contribution in [0.15, 0.2) is 36.5 Å². The molecule has 114 valence electrons. The number of nitrogens with zero attached hydrogens (tertiary/aromatic N) is 1. The van der Waals surface area contributed by atoms with E-state index >= 15 is 0 Å². The molecule has 0 spiro atoms. The summed E-state index contributed by atoms with van der Waals surface area (Å²) in [7, 11) is 1.45. The normalized spacial score (nSPS) is 9.95. The third kappa shape index (κ3) is 3.95. The standard InChI is InChI=1S/C15H14ClN3O3/c1-9-3-6-13(17-8-9)19-15(21)14(20)18-11-7-10(16)4-5-12(11)22-2/h3-8H,1-2H3,(H,18,20)(H,17,19,21). The van der Waals surface area contributed by atoms with Gasteiger partial charge in [-0.1, -0.05) is 17.7 Å². The summed E-state index contributed by atoms with van der Waals surface area (Å²) in [6.07, 6.45) is 1.59. The van der Waals surface area contributed by atoms with E-state index in [2.05, 4.69) is 15.6 Å². The number of methoxy groups -OCH3 is 1. The highest BCUT2D eigenvalue weighted by Crippen LogP contribution is 2.27. The number of rotatable bonds is 3. The molecule has 0 aliphatic heterocycles. The zero-order chi connectivity index (χ0) is 16.1. The predicted octanol–water partition coefficient (Wildman–Crippen LogP) is 2.63. The lowest BCUT2D eigenvalue weighted by Gasteiger charge is -2.10. The van der Waals surface area contributed by atoms with Gasteiger partial charge in [0.05, 0.1) is 12.8 Å². The van der Waals surface area contributed by atoms with Gasteiger partial charge in [0, 0.05) is 11.2 Å². The molecule has 0 saturated carbocycles. The summed E-state index contributed by atoms with van der Waals surface area (Å²) in [6.45, 7) is 1.87. The molecule has 2 rings (SSSR count). The third-order valence-electron chi connectivity index (χ3n) is 2.77. The number of hydrogen-bond donors (Lipinski definition) is 2. The number of ether oxygens (including phenoxy) is 1. The van der Waals surface area contributed by atoms with Crippen molar-refractivity contribution < 1.29 is 14.3 Å². The molecule has 0 unspecified atom stereocenters. The average molecular weight is 320 g/mol. The van der Waals surface area contributed by atoms with Gasteiger partial charge in [0.25, 0.3) is 0 Å². The van der Waals surface area contributed by atoms with Crippen molar-refractivity contribution in [2.24, 2.45) is 0 Å². The van der Waals surface area contributed by atoms with Gasteiger partial charge in [0.15, 0.2) is 0 Å². The molecule has 22 heavy (non-hydrogen) atoms. The van der Waals surface area contributed by atoms with E-state index in [9.17, 15) is 9.59 Å². The number of anilines is 2. The molecular weight excluding hydrogens is 306 g/mol. The summed E-state index contributed by atoms with van der Waals surface area (Å²) >= 11 is 5.86. The SMILES string of the molecule is COc1ccc(Cl)cc1NC(=O)C(=O)Nc1ccc(C)cn1. The number of pyridine rings is 1. The number of benzene rings is 1. The first-order valence-corrected chi connectivity index (χ1v) is 6.76. The van der Waals surface area contributed by atoms with Crippen LogP contribution >= 0.6 is 11.6 Å². The molecule has 0 atom stereocenters.